The van der Waals surface area contributed by atoms with Crippen LogP contribution in [-0.4, -0.2) is 38.4 Å². The molecule has 0 aliphatic heterocycles. The number of benzene rings is 1. The van der Waals surface area contributed by atoms with Gasteiger partial charge in [0.25, 0.3) is 0 Å². The van der Waals surface area contributed by atoms with E-state index < -0.39 is 15.7 Å². The fraction of sp³-hybridized carbons (Fsp3) is 0.357. The molecule has 12 heteroatoms. The van der Waals surface area contributed by atoms with E-state index in [4.69, 9.17) is 9.41 Å². The third-order valence-corrected chi connectivity index (χ3v) is 4.61. The van der Waals surface area contributed by atoms with Crippen LogP contribution < -0.4 is 10.2 Å². The third-order valence-electron chi connectivity index (χ3n) is 3.28. The normalized spacial score (nSPS) is 15.5. The van der Waals surface area contributed by atoms with Gasteiger partial charge in [-0.25, -0.2) is 27.7 Å². The van der Waals surface area contributed by atoms with E-state index in [0.29, 0.717) is 24.3 Å². The number of nitrogens with one attached hydrogen (secondary N) is 3. The summed E-state index contributed by atoms with van der Waals surface area (Å²) in [5, 5.41) is 17.0. The Morgan fingerprint density at radius 2 is 2.27 bits per heavy atom. The van der Waals surface area contributed by atoms with Gasteiger partial charge in [-0.1, -0.05) is 12.1 Å². The summed E-state index contributed by atoms with van der Waals surface area (Å²) in [5.74, 6) is -0.485. The Morgan fingerprint density at radius 1 is 1.54 bits per heavy atom. The highest BCUT2D eigenvalue weighted by molar-refractivity contribution is 9.10. The second kappa shape index (κ2) is 8.66. The molecule has 26 heavy (non-hydrogen) atoms. The SMILES string of the molecule is CC(CNS(C)(=N)=O)Cc1nonc1C(=Nc1ccc(F)c(Br)c1)NO. The number of hydroxylamine groups is 1. The van der Waals surface area contributed by atoms with E-state index in [2.05, 4.69) is 36.0 Å². The smallest absolute Gasteiger partial charge is 0.181 e. The average Bonchev–Trinajstić information content (AvgIpc) is 3.01. The molecule has 0 amide bonds. The number of aliphatic imine (C=N–C) groups is 1. The van der Waals surface area contributed by atoms with Crippen molar-refractivity contribution in [1.29, 1.82) is 4.78 Å². The fourth-order valence-electron chi connectivity index (χ4n) is 2.04. The molecule has 2 rings (SSSR count). The largest absolute Gasteiger partial charge is 0.290 e. The van der Waals surface area contributed by atoms with Gasteiger partial charge in [0, 0.05) is 12.8 Å². The summed E-state index contributed by atoms with van der Waals surface area (Å²) in [7, 11) is -2.80. The molecular formula is C14H18BrFN6O3S. The molecule has 0 radical (unpaired) electrons. The molecule has 1 heterocycles. The van der Waals surface area contributed by atoms with Crippen LogP contribution in [0.15, 0.2) is 32.3 Å². The van der Waals surface area contributed by atoms with Crippen molar-refractivity contribution in [3.63, 3.8) is 0 Å². The quantitative estimate of drug-likeness (QED) is 0.291. The monoisotopic (exact) mass is 448 g/mol. The minimum Gasteiger partial charge on any atom is -0.290 e. The van der Waals surface area contributed by atoms with E-state index in [0.717, 1.165) is 0 Å². The molecule has 0 aliphatic rings. The van der Waals surface area contributed by atoms with E-state index in [9.17, 15) is 13.8 Å². The standard InChI is InChI=1S/C14H18BrFN6O3S/c1-8(7-18-26(2,17)24)5-12-13(22-25-21-12)14(20-23)19-9-3-4-11(16)10(15)6-9/h3-4,6,8,23H,5,7H2,1-2H3,(H,19,20)(H2,17,18,24). The fourth-order valence-corrected chi connectivity index (χ4v) is 3.01. The summed E-state index contributed by atoms with van der Waals surface area (Å²) in [6, 6.07) is 4.11. The molecule has 2 aromatic rings. The minimum absolute atomic E-state index is 0.0142. The van der Waals surface area contributed by atoms with Crippen molar-refractivity contribution < 1.29 is 18.4 Å². The van der Waals surface area contributed by atoms with Crippen molar-refractivity contribution in [2.75, 3.05) is 12.8 Å². The number of hydrogen-bond acceptors (Lipinski definition) is 7. The predicted molar refractivity (Wildman–Crippen MR) is 97.2 cm³/mol. The topological polar surface area (TPSA) is 136 Å². The first-order valence-corrected chi connectivity index (χ1v) is 10.2. The first kappa shape index (κ1) is 20.4. The van der Waals surface area contributed by atoms with E-state index in [1.807, 2.05) is 12.4 Å². The Hall–Kier alpha value is -1.89. The van der Waals surface area contributed by atoms with Gasteiger partial charge in [-0.2, -0.15) is 0 Å². The van der Waals surface area contributed by atoms with Gasteiger partial charge >= 0.3 is 0 Å². The summed E-state index contributed by atoms with van der Waals surface area (Å²) >= 11 is 3.07. The van der Waals surface area contributed by atoms with Crippen molar-refractivity contribution in [2.24, 2.45) is 10.9 Å². The van der Waals surface area contributed by atoms with Gasteiger partial charge < -0.3 is 0 Å². The molecule has 0 bridgehead atoms. The van der Waals surface area contributed by atoms with Crippen molar-refractivity contribution in [1.82, 2.24) is 20.5 Å². The van der Waals surface area contributed by atoms with E-state index in [-0.39, 0.29) is 21.9 Å². The lowest BCUT2D eigenvalue weighted by Crippen LogP contribution is -2.28. The summed E-state index contributed by atoms with van der Waals surface area (Å²) in [4.78, 5) is 4.18. The highest BCUT2D eigenvalue weighted by Gasteiger charge is 2.19. The van der Waals surface area contributed by atoms with Gasteiger partial charge in [-0.05, 0) is 51.6 Å². The Balaban J connectivity index is 2.20. The van der Waals surface area contributed by atoms with Crippen molar-refractivity contribution in [3.05, 3.63) is 39.9 Å². The van der Waals surface area contributed by atoms with Crippen molar-refractivity contribution in [3.8, 4) is 0 Å². The average molecular weight is 449 g/mol. The van der Waals surface area contributed by atoms with Gasteiger partial charge in [-0.3, -0.25) is 10.7 Å². The van der Waals surface area contributed by atoms with Gasteiger partial charge in [-0.15, -0.1) is 0 Å². The van der Waals surface area contributed by atoms with E-state index in [1.54, 1.807) is 0 Å². The van der Waals surface area contributed by atoms with E-state index >= 15 is 0 Å². The number of rotatable bonds is 7. The number of hydrogen-bond donors (Lipinski definition) is 4. The molecule has 4 N–H and O–H groups in total. The zero-order valence-corrected chi connectivity index (χ0v) is 16.4. The van der Waals surface area contributed by atoms with Crippen LogP contribution in [0.2, 0.25) is 0 Å². The Kier molecular flexibility index (Phi) is 6.81. The van der Waals surface area contributed by atoms with Gasteiger partial charge in [0.05, 0.1) is 10.2 Å². The van der Waals surface area contributed by atoms with Gasteiger partial charge in [0.15, 0.2) is 11.5 Å². The summed E-state index contributed by atoms with van der Waals surface area (Å²) in [5.41, 5.74) is 2.94. The van der Waals surface area contributed by atoms with Crippen LogP contribution in [0.3, 0.4) is 0 Å². The van der Waals surface area contributed by atoms with Gasteiger partial charge in [0.1, 0.15) is 21.4 Å². The van der Waals surface area contributed by atoms with Crippen LogP contribution in [-0.2, 0) is 16.3 Å². The summed E-state index contributed by atoms with van der Waals surface area (Å²) < 4.78 is 39.7. The Morgan fingerprint density at radius 3 is 2.88 bits per heavy atom. The van der Waals surface area contributed by atoms with Crippen molar-refractivity contribution >= 4 is 37.4 Å². The zero-order chi connectivity index (χ0) is 19.3. The van der Waals surface area contributed by atoms with Crippen LogP contribution in [0.25, 0.3) is 0 Å². The molecule has 0 saturated carbocycles. The van der Waals surface area contributed by atoms with Crippen LogP contribution in [0.1, 0.15) is 18.3 Å². The molecule has 0 fully saturated rings. The molecule has 0 aliphatic carbocycles. The lowest BCUT2D eigenvalue weighted by atomic mass is 10.0. The van der Waals surface area contributed by atoms with Crippen molar-refractivity contribution in [2.45, 2.75) is 13.3 Å². The molecule has 9 nitrogen and oxygen atoms in total. The number of amidine groups is 1. The summed E-state index contributed by atoms with van der Waals surface area (Å²) in [6.45, 7) is 2.20. The number of halogens is 2. The highest BCUT2D eigenvalue weighted by Crippen LogP contribution is 2.23. The number of aromatic nitrogens is 2. The maximum Gasteiger partial charge on any atom is 0.181 e. The molecule has 2 unspecified atom stereocenters. The lowest BCUT2D eigenvalue weighted by Gasteiger charge is -2.11. The first-order valence-electron chi connectivity index (χ1n) is 7.43. The molecule has 1 aromatic heterocycles. The van der Waals surface area contributed by atoms with Crippen LogP contribution in [0.5, 0.6) is 0 Å². The lowest BCUT2D eigenvalue weighted by molar-refractivity contribution is 0.234. The Labute approximate surface area is 158 Å². The zero-order valence-electron chi connectivity index (χ0n) is 14.0. The second-order valence-corrected chi connectivity index (χ2v) is 8.56. The molecule has 0 spiro atoms. The Bertz CT molecular complexity index is 902. The highest BCUT2D eigenvalue weighted by atomic mass is 79.9. The maximum absolute atomic E-state index is 13.3. The van der Waals surface area contributed by atoms with Gasteiger partial charge in [0.2, 0.25) is 0 Å². The van der Waals surface area contributed by atoms with Crippen LogP contribution >= 0.6 is 15.9 Å². The first-order chi connectivity index (χ1) is 12.2. The van der Waals surface area contributed by atoms with Crippen LogP contribution in [0, 0.1) is 16.5 Å². The molecule has 0 saturated heterocycles. The molecule has 1 aromatic carbocycles. The maximum atomic E-state index is 13.3. The molecular weight excluding hydrogens is 431 g/mol. The summed E-state index contributed by atoms with van der Waals surface area (Å²) in [6.07, 6.45) is 1.68. The molecule has 2 atom stereocenters. The third kappa shape index (κ3) is 5.83. The molecule has 142 valence electrons. The predicted octanol–water partition coefficient (Wildman–Crippen LogP) is 2.39. The second-order valence-electron chi connectivity index (χ2n) is 5.73. The minimum atomic E-state index is -2.80. The number of nitrogens with zero attached hydrogens (tertiary/aromatic N) is 3. The van der Waals surface area contributed by atoms with Crippen LogP contribution in [0.4, 0.5) is 10.1 Å². The van der Waals surface area contributed by atoms with E-state index in [1.165, 1.54) is 24.5 Å².